The molecular weight excluding hydrogens is 329 g/mol. The van der Waals surface area contributed by atoms with Crippen LogP contribution in [-0.4, -0.2) is 43.2 Å². The van der Waals surface area contributed by atoms with Crippen LogP contribution in [0, 0.1) is 5.41 Å². The minimum Gasteiger partial charge on any atom is -0.332 e. The predicted octanol–water partition coefficient (Wildman–Crippen LogP) is 2.97. The van der Waals surface area contributed by atoms with Crippen LogP contribution in [-0.2, 0) is 4.79 Å². The molecular formula is C16H20ClF3N2O. The second kappa shape index (κ2) is 6.69. The zero-order valence-corrected chi connectivity index (χ0v) is 13.4. The summed E-state index contributed by atoms with van der Waals surface area (Å²) in [5, 5.41) is 3.20. The lowest BCUT2D eigenvalue weighted by Gasteiger charge is -2.37. The number of benzene rings is 1. The van der Waals surface area contributed by atoms with E-state index in [9.17, 15) is 18.0 Å². The summed E-state index contributed by atoms with van der Waals surface area (Å²) in [7, 11) is 0. The van der Waals surface area contributed by atoms with Gasteiger partial charge in [-0.3, -0.25) is 4.79 Å². The highest BCUT2D eigenvalue weighted by Gasteiger charge is 2.56. The van der Waals surface area contributed by atoms with Crippen LogP contribution in [0.4, 0.5) is 13.2 Å². The van der Waals surface area contributed by atoms with Gasteiger partial charge in [-0.2, -0.15) is 13.2 Å². The summed E-state index contributed by atoms with van der Waals surface area (Å²) in [6.45, 7) is 0.260. The van der Waals surface area contributed by atoms with E-state index in [2.05, 4.69) is 5.32 Å². The van der Waals surface area contributed by atoms with Gasteiger partial charge in [0.25, 0.3) is 0 Å². The van der Waals surface area contributed by atoms with E-state index in [0.29, 0.717) is 13.0 Å². The molecule has 0 bridgehead atoms. The number of carbonyl (C=O) groups excluding carboxylic acids is 1. The van der Waals surface area contributed by atoms with Crippen molar-refractivity contribution in [3.05, 3.63) is 35.9 Å². The lowest BCUT2D eigenvalue weighted by molar-refractivity contribution is -0.161. The fourth-order valence-electron chi connectivity index (χ4n) is 3.81. The Morgan fingerprint density at radius 2 is 1.96 bits per heavy atom. The van der Waals surface area contributed by atoms with Gasteiger partial charge in [0.1, 0.15) is 6.54 Å². The normalized spacial score (nSPS) is 28.0. The first kappa shape index (κ1) is 18.1. The van der Waals surface area contributed by atoms with Crippen LogP contribution >= 0.6 is 12.4 Å². The number of hydrogen-bond donors (Lipinski definition) is 1. The Morgan fingerprint density at radius 3 is 2.52 bits per heavy atom. The molecule has 2 aliphatic heterocycles. The Balaban J connectivity index is 0.00000192. The van der Waals surface area contributed by atoms with Crippen LogP contribution in [0.3, 0.4) is 0 Å². The molecule has 2 saturated heterocycles. The first-order valence-corrected chi connectivity index (χ1v) is 7.54. The van der Waals surface area contributed by atoms with Crippen molar-refractivity contribution in [3.8, 4) is 0 Å². The molecule has 23 heavy (non-hydrogen) atoms. The molecule has 1 spiro atoms. The summed E-state index contributed by atoms with van der Waals surface area (Å²) in [6.07, 6.45) is -2.90. The molecule has 2 heterocycles. The Labute approximate surface area is 139 Å². The number of nitrogens with zero attached hydrogens (tertiary/aromatic N) is 1. The third-order valence-electron chi connectivity index (χ3n) is 4.77. The molecule has 2 aliphatic rings. The molecule has 7 heteroatoms. The number of hydrogen-bond acceptors (Lipinski definition) is 2. The van der Waals surface area contributed by atoms with Crippen molar-refractivity contribution in [3.63, 3.8) is 0 Å². The molecule has 0 radical (unpaired) electrons. The maximum Gasteiger partial charge on any atom is 0.406 e. The van der Waals surface area contributed by atoms with Gasteiger partial charge in [-0.15, -0.1) is 12.4 Å². The van der Waals surface area contributed by atoms with Gasteiger partial charge >= 0.3 is 6.18 Å². The summed E-state index contributed by atoms with van der Waals surface area (Å²) in [4.78, 5) is 13.7. The third-order valence-corrected chi connectivity index (χ3v) is 4.77. The fraction of sp³-hybridized carbons (Fsp3) is 0.562. The molecule has 2 fully saturated rings. The van der Waals surface area contributed by atoms with Crippen LogP contribution in [0.1, 0.15) is 24.3 Å². The number of alkyl halides is 3. The molecule has 1 aromatic rings. The molecule has 1 N–H and O–H groups in total. The quantitative estimate of drug-likeness (QED) is 0.891. The Hall–Kier alpha value is -1.27. The van der Waals surface area contributed by atoms with Crippen molar-refractivity contribution in [1.82, 2.24) is 10.2 Å². The molecule has 3 nitrogen and oxygen atoms in total. The number of nitrogens with one attached hydrogen (secondary N) is 1. The van der Waals surface area contributed by atoms with Crippen molar-refractivity contribution in [2.75, 3.05) is 26.2 Å². The van der Waals surface area contributed by atoms with Gasteiger partial charge in [-0.25, -0.2) is 0 Å². The summed E-state index contributed by atoms with van der Waals surface area (Å²) in [5.41, 5.74) is 0.217. The van der Waals surface area contributed by atoms with Gasteiger partial charge < -0.3 is 10.2 Å². The second-order valence-corrected chi connectivity index (χ2v) is 6.20. The van der Waals surface area contributed by atoms with E-state index in [-0.39, 0.29) is 30.8 Å². The lowest BCUT2D eigenvalue weighted by Crippen LogP contribution is -2.48. The van der Waals surface area contributed by atoms with E-state index >= 15 is 0 Å². The Morgan fingerprint density at radius 1 is 1.26 bits per heavy atom. The maximum absolute atomic E-state index is 12.8. The molecule has 2 atom stereocenters. The average molecular weight is 349 g/mol. The highest BCUT2D eigenvalue weighted by atomic mass is 35.5. The largest absolute Gasteiger partial charge is 0.406 e. The predicted molar refractivity (Wildman–Crippen MR) is 83.6 cm³/mol. The highest BCUT2D eigenvalue weighted by molar-refractivity contribution is 5.87. The van der Waals surface area contributed by atoms with Gasteiger partial charge in [-0.05, 0) is 24.9 Å². The van der Waals surface area contributed by atoms with Crippen LogP contribution < -0.4 is 5.32 Å². The van der Waals surface area contributed by atoms with Crippen molar-refractivity contribution in [1.29, 1.82) is 0 Å². The van der Waals surface area contributed by atoms with Gasteiger partial charge in [0.2, 0.25) is 5.91 Å². The standard InChI is InChI=1S/C16H19F3N2O.ClH/c17-16(18,19)11-21-9-13(12-5-2-1-3-6-12)15(14(21)22)7-4-8-20-10-15;/h1-3,5-6,13,20H,4,7-11H2;1H. The minimum atomic E-state index is -4.36. The minimum absolute atomic E-state index is 0. The average Bonchev–Trinajstić information content (AvgIpc) is 2.73. The Kier molecular flexibility index (Phi) is 5.26. The van der Waals surface area contributed by atoms with Crippen LogP contribution in [0.15, 0.2) is 30.3 Å². The zero-order valence-electron chi connectivity index (χ0n) is 12.6. The molecule has 0 saturated carbocycles. The summed E-state index contributed by atoms with van der Waals surface area (Å²) in [5.74, 6) is -0.540. The van der Waals surface area contributed by atoms with Gasteiger partial charge in [0.15, 0.2) is 0 Å². The molecule has 1 aromatic carbocycles. The van der Waals surface area contributed by atoms with Gasteiger partial charge in [-0.1, -0.05) is 30.3 Å². The SMILES string of the molecule is Cl.O=C1N(CC(F)(F)F)CC(c2ccccc2)C12CCCNC2. The van der Waals surface area contributed by atoms with E-state index in [1.807, 2.05) is 30.3 Å². The van der Waals surface area contributed by atoms with Crippen molar-refractivity contribution < 1.29 is 18.0 Å². The topological polar surface area (TPSA) is 32.3 Å². The molecule has 0 aliphatic carbocycles. The lowest BCUT2D eigenvalue weighted by atomic mass is 9.69. The fourth-order valence-corrected chi connectivity index (χ4v) is 3.81. The molecule has 1 amide bonds. The van der Waals surface area contributed by atoms with E-state index < -0.39 is 18.1 Å². The van der Waals surface area contributed by atoms with Crippen LogP contribution in [0.2, 0.25) is 0 Å². The zero-order chi connectivity index (χ0) is 15.8. The van der Waals surface area contributed by atoms with E-state index in [0.717, 1.165) is 23.4 Å². The monoisotopic (exact) mass is 348 g/mol. The van der Waals surface area contributed by atoms with Gasteiger partial charge in [0, 0.05) is 19.0 Å². The summed E-state index contributed by atoms with van der Waals surface area (Å²) < 4.78 is 38.3. The van der Waals surface area contributed by atoms with Gasteiger partial charge in [0.05, 0.1) is 5.41 Å². The molecule has 0 aromatic heterocycles. The van der Waals surface area contributed by atoms with E-state index in [1.54, 1.807) is 0 Å². The number of carbonyl (C=O) groups is 1. The maximum atomic E-state index is 12.8. The molecule has 128 valence electrons. The smallest absolute Gasteiger partial charge is 0.332 e. The van der Waals surface area contributed by atoms with Crippen molar-refractivity contribution in [2.45, 2.75) is 24.9 Å². The van der Waals surface area contributed by atoms with Crippen LogP contribution in [0.5, 0.6) is 0 Å². The molecule has 2 unspecified atom stereocenters. The van der Waals surface area contributed by atoms with E-state index in [1.165, 1.54) is 0 Å². The number of piperidine rings is 1. The highest BCUT2D eigenvalue weighted by Crippen LogP contribution is 2.48. The second-order valence-electron chi connectivity index (χ2n) is 6.20. The molecule has 3 rings (SSSR count). The van der Waals surface area contributed by atoms with Crippen molar-refractivity contribution >= 4 is 18.3 Å². The van der Waals surface area contributed by atoms with E-state index in [4.69, 9.17) is 0 Å². The number of amides is 1. The number of halogens is 4. The first-order valence-electron chi connectivity index (χ1n) is 7.54. The summed E-state index contributed by atoms with van der Waals surface area (Å²) in [6, 6.07) is 9.43. The third kappa shape index (κ3) is 3.48. The first-order chi connectivity index (χ1) is 10.4. The van der Waals surface area contributed by atoms with Crippen molar-refractivity contribution in [2.24, 2.45) is 5.41 Å². The number of rotatable bonds is 2. The Bertz CT molecular complexity index is 544. The number of likely N-dealkylation sites (tertiary alicyclic amines) is 1. The summed E-state index contributed by atoms with van der Waals surface area (Å²) >= 11 is 0. The van der Waals surface area contributed by atoms with Crippen LogP contribution in [0.25, 0.3) is 0 Å².